The normalized spacial score (nSPS) is 15.5. The second kappa shape index (κ2) is 6.85. The highest BCUT2D eigenvalue weighted by atomic mass is 32.1. The summed E-state index contributed by atoms with van der Waals surface area (Å²) in [5.41, 5.74) is 3.85. The summed E-state index contributed by atoms with van der Waals surface area (Å²) in [6.07, 6.45) is -0.508. The molecule has 136 valence electrons. The van der Waals surface area contributed by atoms with Gasteiger partial charge in [0.15, 0.2) is 11.2 Å². The van der Waals surface area contributed by atoms with Gasteiger partial charge in [-0.2, -0.15) is 0 Å². The first kappa shape index (κ1) is 17.2. The van der Waals surface area contributed by atoms with Crippen molar-refractivity contribution in [3.8, 4) is 17.0 Å². The third-order valence-electron chi connectivity index (χ3n) is 4.24. The van der Waals surface area contributed by atoms with Crippen LogP contribution < -0.4 is 15.4 Å². The Morgan fingerprint density at radius 1 is 1.22 bits per heavy atom. The first-order valence-corrected chi connectivity index (χ1v) is 9.33. The molecule has 27 heavy (non-hydrogen) atoms. The number of benzene rings is 2. The lowest BCUT2D eigenvalue weighted by Gasteiger charge is -2.23. The Bertz CT molecular complexity index is 1030. The van der Waals surface area contributed by atoms with Crippen LogP contribution in [0.15, 0.2) is 47.8 Å². The van der Waals surface area contributed by atoms with Crippen molar-refractivity contribution in [3.05, 3.63) is 59.0 Å². The number of nitrogens with zero attached hydrogens (tertiary/aromatic N) is 1. The number of carbonyl (C=O) groups is 2. The second-order valence-electron chi connectivity index (χ2n) is 6.32. The number of thiazole rings is 1. The molecule has 1 atom stereocenters. The van der Waals surface area contributed by atoms with Crippen LogP contribution in [0.3, 0.4) is 0 Å². The molecule has 1 aromatic heterocycles. The van der Waals surface area contributed by atoms with E-state index in [1.165, 1.54) is 11.3 Å². The summed E-state index contributed by atoms with van der Waals surface area (Å²) in [6, 6.07) is 12.9. The number of carbonyl (C=O) groups excluding carboxylic acids is 2. The zero-order valence-electron chi connectivity index (χ0n) is 14.8. The van der Waals surface area contributed by atoms with E-state index in [1.807, 2.05) is 42.6 Å². The van der Waals surface area contributed by atoms with Gasteiger partial charge >= 0.3 is 0 Å². The molecule has 6 nitrogen and oxygen atoms in total. The number of ether oxygens (including phenoxy) is 1. The molecule has 2 heterocycles. The lowest BCUT2D eigenvalue weighted by molar-refractivity contribution is -0.122. The van der Waals surface area contributed by atoms with Gasteiger partial charge in [0, 0.05) is 16.5 Å². The van der Waals surface area contributed by atoms with Crippen molar-refractivity contribution < 1.29 is 14.3 Å². The lowest BCUT2D eigenvalue weighted by Crippen LogP contribution is -2.34. The molecule has 7 heteroatoms. The number of aromatic nitrogens is 1. The van der Waals surface area contributed by atoms with Gasteiger partial charge in [-0.3, -0.25) is 14.9 Å². The fourth-order valence-corrected chi connectivity index (χ4v) is 3.42. The number of hydrogen-bond acceptors (Lipinski definition) is 5. The van der Waals surface area contributed by atoms with Crippen LogP contribution in [0.2, 0.25) is 0 Å². The largest absolute Gasteiger partial charge is 0.479 e. The van der Waals surface area contributed by atoms with Gasteiger partial charge in [-0.05, 0) is 44.2 Å². The molecule has 0 saturated carbocycles. The van der Waals surface area contributed by atoms with Crippen LogP contribution in [0, 0.1) is 6.92 Å². The zero-order valence-corrected chi connectivity index (χ0v) is 15.6. The SMILES string of the molecule is Cc1ccc(C(=O)Nc2nc(-c3ccc4c(c3)NC(=O)C(C)O4)cs2)cc1. The standard InChI is InChI=1S/C20H17N3O3S/c1-11-3-5-13(6-4-11)19(25)23-20-22-16(10-27-20)14-7-8-17-15(9-14)21-18(24)12(2)26-17/h3-10,12H,1-2H3,(H,21,24)(H,22,23,25). The summed E-state index contributed by atoms with van der Waals surface area (Å²) in [6.45, 7) is 3.68. The molecule has 0 saturated heterocycles. The van der Waals surface area contributed by atoms with Crippen molar-refractivity contribution in [1.82, 2.24) is 4.98 Å². The minimum Gasteiger partial charge on any atom is -0.479 e. The van der Waals surface area contributed by atoms with Gasteiger partial charge in [-0.15, -0.1) is 11.3 Å². The Hall–Kier alpha value is -3.19. The molecule has 1 aliphatic rings. The summed E-state index contributed by atoms with van der Waals surface area (Å²) in [7, 11) is 0. The monoisotopic (exact) mass is 379 g/mol. The highest BCUT2D eigenvalue weighted by Crippen LogP contribution is 2.35. The zero-order chi connectivity index (χ0) is 19.0. The molecule has 4 rings (SSSR count). The van der Waals surface area contributed by atoms with Crippen molar-refractivity contribution in [2.24, 2.45) is 0 Å². The topological polar surface area (TPSA) is 80.3 Å². The average molecular weight is 379 g/mol. The van der Waals surface area contributed by atoms with Crippen molar-refractivity contribution in [1.29, 1.82) is 0 Å². The average Bonchev–Trinajstić information content (AvgIpc) is 3.11. The Balaban J connectivity index is 1.53. The first-order chi connectivity index (χ1) is 13.0. The van der Waals surface area contributed by atoms with Crippen molar-refractivity contribution in [3.63, 3.8) is 0 Å². The molecule has 1 unspecified atom stereocenters. The number of amides is 2. The van der Waals surface area contributed by atoms with Crippen molar-refractivity contribution >= 4 is 34.0 Å². The van der Waals surface area contributed by atoms with Gasteiger partial charge in [-0.1, -0.05) is 17.7 Å². The summed E-state index contributed by atoms with van der Waals surface area (Å²) in [4.78, 5) is 28.6. The Kier molecular flexibility index (Phi) is 4.37. The Labute approximate surface area is 160 Å². The molecule has 0 spiro atoms. The van der Waals surface area contributed by atoms with E-state index >= 15 is 0 Å². The highest BCUT2D eigenvalue weighted by Gasteiger charge is 2.24. The number of hydrogen-bond donors (Lipinski definition) is 2. The van der Waals surface area contributed by atoms with E-state index in [4.69, 9.17) is 4.74 Å². The maximum Gasteiger partial charge on any atom is 0.265 e. The van der Waals surface area contributed by atoms with E-state index < -0.39 is 6.10 Å². The third kappa shape index (κ3) is 3.54. The molecule has 2 amide bonds. The molecule has 0 fully saturated rings. The number of fused-ring (bicyclic) bond motifs is 1. The van der Waals surface area contributed by atoms with E-state index in [0.717, 1.165) is 16.8 Å². The molecule has 0 bridgehead atoms. The summed E-state index contributed by atoms with van der Waals surface area (Å²) >= 11 is 1.35. The third-order valence-corrected chi connectivity index (χ3v) is 5.00. The molecule has 2 aromatic carbocycles. The van der Waals surface area contributed by atoms with E-state index in [-0.39, 0.29) is 11.8 Å². The second-order valence-corrected chi connectivity index (χ2v) is 7.18. The summed E-state index contributed by atoms with van der Waals surface area (Å²) in [5.74, 6) is 0.258. The quantitative estimate of drug-likeness (QED) is 0.718. The van der Waals surface area contributed by atoms with Crippen LogP contribution in [0.1, 0.15) is 22.8 Å². The minimum atomic E-state index is -0.508. The number of rotatable bonds is 3. The van der Waals surface area contributed by atoms with Crippen LogP contribution >= 0.6 is 11.3 Å². The molecule has 2 N–H and O–H groups in total. The first-order valence-electron chi connectivity index (χ1n) is 8.45. The number of nitrogens with one attached hydrogen (secondary N) is 2. The number of aryl methyl sites for hydroxylation is 1. The van der Waals surface area contributed by atoms with Gasteiger partial charge in [0.25, 0.3) is 11.8 Å². The van der Waals surface area contributed by atoms with Crippen molar-refractivity contribution in [2.75, 3.05) is 10.6 Å². The van der Waals surface area contributed by atoms with E-state index in [0.29, 0.717) is 22.1 Å². The van der Waals surface area contributed by atoms with E-state index in [1.54, 1.807) is 19.1 Å². The Morgan fingerprint density at radius 3 is 2.78 bits per heavy atom. The fraction of sp³-hybridized carbons (Fsp3) is 0.150. The summed E-state index contributed by atoms with van der Waals surface area (Å²) in [5, 5.41) is 8.02. The predicted molar refractivity (Wildman–Crippen MR) is 105 cm³/mol. The van der Waals surface area contributed by atoms with Gasteiger partial charge in [0.1, 0.15) is 5.75 Å². The maximum absolute atomic E-state index is 12.3. The van der Waals surface area contributed by atoms with Crippen molar-refractivity contribution in [2.45, 2.75) is 20.0 Å². The fourth-order valence-electron chi connectivity index (χ4n) is 2.71. The van der Waals surface area contributed by atoms with E-state index in [9.17, 15) is 9.59 Å². The molecule has 0 aliphatic carbocycles. The Morgan fingerprint density at radius 2 is 2.00 bits per heavy atom. The summed E-state index contributed by atoms with van der Waals surface area (Å²) < 4.78 is 5.56. The molecule has 1 aliphatic heterocycles. The molecule has 3 aromatic rings. The van der Waals surface area contributed by atoms with Gasteiger partial charge in [0.05, 0.1) is 11.4 Å². The van der Waals surface area contributed by atoms with Crippen LogP contribution in [0.4, 0.5) is 10.8 Å². The van der Waals surface area contributed by atoms with E-state index in [2.05, 4.69) is 15.6 Å². The van der Waals surface area contributed by atoms with Crippen LogP contribution in [-0.4, -0.2) is 22.9 Å². The lowest BCUT2D eigenvalue weighted by atomic mass is 10.1. The smallest absolute Gasteiger partial charge is 0.265 e. The minimum absolute atomic E-state index is 0.177. The molecule has 0 radical (unpaired) electrons. The molecular weight excluding hydrogens is 362 g/mol. The van der Waals surface area contributed by atoms with Gasteiger partial charge < -0.3 is 10.1 Å². The van der Waals surface area contributed by atoms with Crippen LogP contribution in [-0.2, 0) is 4.79 Å². The molecular formula is C20H17N3O3S. The van der Waals surface area contributed by atoms with Crippen LogP contribution in [0.25, 0.3) is 11.3 Å². The predicted octanol–water partition coefficient (Wildman–Crippen LogP) is 4.09. The van der Waals surface area contributed by atoms with Gasteiger partial charge in [-0.25, -0.2) is 4.98 Å². The van der Waals surface area contributed by atoms with Crippen LogP contribution in [0.5, 0.6) is 5.75 Å². The highest BCUT2D eigenvalue weighted by molar-refractivity contribution is 7.14. The van der Waals surface area contributed by atoms with Gasteiger partial charge in [0.2, 0.25) is 0 Å². The number of anilines is 2. The maximum atomic E-state index is 12.3.